The van der Waals surface area contributed by atoms with E-state index in [1.807, 2.05) is 62.4 Å². The molecular weight excluding hydrogens is 352 g/mol. The molecule has 0 aliphatic heterocycles. The fourth-order valence-corrected chi connectivity index (χ4v) is 3.05. The van der Waals surface area contributed by atoms with Crippen LogP contribution in [0, 0.1) is 13.8 Å². The van der Waals surface area contributed by atoms with E-state index in [2.05, 4.69) is 26.2 Å². The summed E-state index contributed by atoms with van der Waals surface area (Å²) in [6.45, 7) is 4.41. The summed E-state index contributed by atoms with van der Waals surface area (Å²) >= 11 is 3.50. The van der Waals surface area contributed by atoms with Gasteiger partial charge in [-0.15, -0.1) is 0 Å². The molecule has 0 radical (unpaired) electrons. The van der Waals surface area contributed by atoms with Gasteiger partial charge in [0.15, 0.2) is 0 Å². The van der Waals surface area contributed by atoms with Gasteiger partial charge in [0.25, 0.3) is 5.91 Å². The molecule has 0 bridgehead atoms. The number of halogens is 1. The number of nitrogens with one attached hydrogen (secondary N) is 1. The van der Waals surface area contributed by atoms with Crippen LogP contribution in [0.4, 0.5) is 0 Å². The minimum atomic E-state index is -0.0816. The summed E-state index contributed by atoms with van der Waals surface area (Å²) in [5, 5.41) is 3.89. The molecule has 0 atom stereocenters. The lowest BCUT2D eigenvalue weighted by atomic mass is 10.0. The number of amides is 1. The normalized spacial score (nSPS) is 10.7. The van der Waals surface area contributed by atoms with E-state index in [1.165, 1.54) is 0 Å². The van der Waals surface area contributed by atoms with E-state index in [4.69, 9.17) is 0 Å². The molecule has 0 spiro atoms. The number of hydrogen-bond donors (Lipinski definition) is 1. The molecule has 2 aromatic carbocycles. The summed E-state index contributed by atoms with van der Waals surface area (Å²) in [5.74, 6) is -0.0816. The van der Waals surface area contributed by atoms with Crippen molar-refractivity contribution in [3.63, 3.8) is 0 Å². The Kier molecular flexibility index (Phi) is 4.44. The minimum Gasteiger partial charge on any atom is -0.348 e. The van der Waals surface area contributed by atoms with E-state index in [-0.39, 0.29) is 5.91 Å². The predicted octanol–water partition coefficient (Wildman–Crippen LogP) is 4.54. The van der Waals surface area contributed by atoms with Gasteiger partial charge in [0, 0.05) is 22.1 Å². The molecule has 1 N–H and O–H groups in total. The molecule has 3 aromatic rings. The number of aryl methyl sites for hydroxylation is 2. The molecule has 0 aliphatic rings. The first-order valence-corrected chi connectivity index (χ1v) is 8.24. The topological polar surface area (TPSA) is 42.0 Å². The second-order valence-electron chi connectivity index (χ2n) is 5.56. The van der Waals surface area contributed by atoms with Gasteiger partial charge in [-0.05, 0) is 37.1 Å². The number of hydrogen-bond acceptors (Lipinski definition) is 2. The van der Waals surface area contributed by atoms with Crippen LogP contribution in [-0.4, -0.2) is 10.9 Å². The fraction of sp³-hybridized carbons (Fsp3) is 0.158. The average Bonchev–Trinajstić information content (AvgIpc) is 2.54. The van der Waals surface area contributed by atoms with Crippen molar-refractivity contribution in [3.8, 4) is 0 Å². The zero-order chi connectivity index (χ0) is 16.4. The maximum Gasteiger partial charge on any atom is 0.252 e. The van der Waals surface area contributed by atoms with E-state index >= 15 is 0 Å². The molecule has 3 nitrogen and oxygen atoms in total. The second kappa shape index (κ2) is 6.50. The highest BCUT2D eigenvalue weighted by molar-refractivity contribution is 9.10. The highest BCUT2D eigenvalue weighted by Gasteiger charge is 2.13. The molecule has 1 aromatic heterocycles. The Morgan fingerprint density at radius 3 is 2.70 bits per heavy atom. The summed E-state index contributed by atoms with van der Waals surface area (Å²) in [4.78, 5) is 17.2. The number of para-hydroxylation sites is 1. The molecule has 0 aliphatic carbocycles. The summed E-state index contributed by atoms with van der Waals surface area (Å²) in [6, 6.07) is 15.6. The quantitative estimate of drug-likeness (QED) is 0.736. The van der Waals surface area contributed by atoms with Gasteiger partial charge in [0.1, 0.15) is 0 Å². The molecule has 4 heteroatoms. The third kappa shape index (κ3) is 3.27. The Morgan fingerprint density at radius 2 is 1.91 bits per heavy atom. The van der Waals surface area contributed by atoms with E-state index in [9.17, 15) is 4.79 Å². The maximum atomic E-state index is 12.7. The third-order valence-corrected chi connectivity index (χ3v) is 4.58. The van der Waals surface area contributed by atoms with Gasteiger partial charge in [-0.25, -0.2) is 0 Å². The molecular formula is C19H17BrN2O. The van der Waals surface area contributed by atoms with E-state index in [1.54, 1.807) is 0 Å². The number of rotatable bonds is 3. The van der Waals surface area contributed by atoms with Gasteiger partial charge in [-0.2, -0.15) is 0 Å². The van der Waals surface area contributed by atoms with Crippen molar-refractivity contribution in [1.29, 1.82) is 0 Å². The number of aromatic nitrogens is 1. The summed E-state index contributed by atoms with van der Waals surface area (Å²) in [5.41, 5.74) is 4.53. The SMILES string of the molecule is Cc1cc(C(=O)NCc2ccccc2Br)c2cccc(C)c2n1. The molecule has 0 unspecified atom stereocenters. The lowest BCUT2D eigenvalue weighted by Crippen LogP contribution is -2.23. The smallest absolute Gasteiger partial charge is 0.252 e. The second-order valence-corrected chi connectivity index (χ2v) is 6.41. The highest BCUT2D eigenvalue weighted by atomic mass is 79.9. The van der Waals surface area contributed by atoms with Crippen LogP contribution in [0.1, 0.15) is 27.2 Å². The van der Waals surface area contributed by atoms with Gasteiger partial charge in [0.05, 0.1) is 11.1 Å². The van der Waals surface area contributed by atoms with Crippen LogP contribution in [0.2, 0.25) is 0 Å². The van der Waals surface area contributed by atoms with Gasteiger partial charge in [-0.1, -0.05) is 52.3 Å². The van der Waals surface area contributed by atoms with E-state index < -0.39 is 0 Å². The number of nitrogens with zero attached hydrogens (tertiary/aromatic N) is 1. The van der Waals surface area contributed by atoms with Gasteiger partial charge in [-0.3, -0.25) is 9.78 Å². The minimum absolute atomic E-state index is 0.0816. The lowest BCUT2D eigenvalue weighted by Gasteiger charge is -2.11. The van der Waals surface area contributed by atoms with Crippen LogP contribution in [0.25, 0.3) is 10.9 Å². The van der Waals surface area contributed by atoms with Crippen LogP contribution < -0.4 is 5.32 Å². The zero-order valence-corrected chi connectivity index (χ0v) is 14.6. The molecule has 0 saturated carbocycles. The van der Waals surface area contributed by atoms with Crippen molar-refractivity contribution in [2.24, 2.45) is 0 Å². The number of benzene rings is 2. The summed E-state index contributed by atoms with van der Waals surface area (Å²) in [7, 11) is 0. The predicted molar refractivity (Wildman–Crippen MR) is 96.5 cm³/mol. The Morgan fingerprint density at radius 1 is 1.13 bits per heavy atom. The van der Waals surface area contributed by atoms with Crippen LogP contribution in [0.5, 0.6) is 0 Å². The molecule has 0 fully saturated rings. The number of fused-ring (bicyclic) bond motifs is 1. The first-order valence-electron chi connectivity index (χ1n) is 7.45. The first-order chi connectivity index (χ1) is 11.1. The standard InChI is InChI=1S/C19H17BrN2O/c1-12-6-5-8-15-16(10-13(2)22-18(12)15)19(23)21-11-14-7-3-4-9-17(14)20/h3-10H,11H2,1-2H3,(H,21,23). The lowest BCUT2D eigenvalue weighted by molar-refractivity contribution is 0.0952. The highest BCUT2D eigenvalue weighted by Crippen LogP contribution is 2.22. The van der Waals surface area contributed by atoms with Crippen molar-refractivity contribution in [2.45, 2.75) is 20.4 Å². The van der Waals surface area contributed by atoms with Crippen molar-refractivity contribution < 1.29 is 4.79 Å². The molecule has 116 valence electrons. The zero-order valence-electron chi connectivity index (χ0n) is 13.1. The fourth-order valence-electron chi connectivity index (χ4n) is 2.62. The van der Waals surface area contributed by atoms with E-state index in [0.29, 0.717) is 12.1 Å². The Hall–Kier alpha value is -2.20. The Balaban J connectivity index is 1.92. The van der Waals surface area contributed by atoms with E-state index in [0.717, 1.165) is 32.2 Å². The molecule has 3 rings (SSSR count). The van der Waals surface area contributed by atoms with Gasteiger partial charge >= 0.3 is 0 Å². The van der Waals surface area contributed by atoms with Crippen molar-refractivity contribution in [2.75, 3.05) is 0 Å². The van der Waals surface area contributed by atoms with Crippen LogP contribution in [0.15, 0.2) is 53.0 Å². The van der Waals surface area contributed by atoms with Crippen molar-refractivity contribution in [1.82, 2.24) is 10.3 Å². The molecule has 0 saturated heterocycles. The third-order valence-electron chi connectivity index (χ3n) is 3.81. The summed E-state index contributed by atoms with van der Waals surface area (Å²) < 4.78 is 0.993. The molecule has 23 heavy (non-hydrogen) atoms. The van der Waals surface area contributed by atoms with Crippen LogP contribution in [-0.2, 0) is 6.54 Å². The van der Waals surface area contributed by atoms with Crippen LogP contribution >= 0.6 is 15.9 Å². The van der Waals surface area contributed by atoms with Gasteiger partial charge in [0.2, 0.25) is 0 Å². The average molecular weight is 369 g/mol. The van der Waals surface area contributed by atoms with Crippen molar-refractivity contribution >= 4 is 32.7 Å². The summed E-state index contributed by atoms with van der Waals surface area (Å²) in [6.07, 6.45) is 0. The number of carbonyl (C=O) groups is 1. The Labute approximate surface area is 143 Å². The number of pyridine rings is 1. The molecule has 1 heterocycles. The van der Waals surface area contributed by atoms with Gasteiger partial charge < -0.3 is 5.32 Å². The maximum absolute atomic E-state index is 12.7. The monoisotopic (exact) mass is 368 g/mol. The Bertz CT molecular complexity index is 890. The van der Waals surface area contributed by atoms with Crippen LogP contribution in [0.3, 0.4) is 0 Å². The molecule has 1 amide bonds. The number of carbonyl (C=O) groups excluding carboxylic acids is 1. The van der Waals surface area contributed by atoms with Crippen molar-refractivity contribution in [3.05, 3.63) is 75.4 Å². The first kappa shape index (κ1) is 15.7. The largest absolute Gasteiger partial charge is 0.348 e.